The highest BCUT2D eigenvalue weighted by Crippen LogP contribution is 2.72. The van der Waals surface area contributed by atoms with Crippen LogP contribution < -0.4 is 5.73 Å². The molecule has 0 aromatic heterocycles. The average molecular weight is 437 g/mol. The summed E-state index contributed by atoms with van der Waals surface area (Å²) >= 11 is 6.14. The molecule has 4 bridgehead atoms. The maximum Gasteiger partial charge on any atom is 0.109 e. The molecule has 7 rings (SSSR count). The first kappa shape index (κ1) is 20.5. The van der Waals surface area contributed by atoms with E-state index < -0.39 is 0 Å². The lowest BCUT2D eigenvalue weighted by Gasteiger charge is -2.43. The fourth-order valence-corrected chi connectivity index (χ4v) is 8.16. The number of thiocarbonyl (C=S) groups is 1. The number of ether oxygens (including phenoxy) is 1. The van der Waals surface area contributed by atoms with Gasteiger partial charge < -0.3 is 10.5 Å². The van der Waals surface area contributed by atoms with Gasteiger partial charge in [0.15, 0.2) is 0 Å². The Bertz CT molecular complexity index is 859. The van der Waals surface area contributed by atoms with E-state index in [1.165, 1.54) is 69.8 Å². The van der Waals surface area contributed by atoms with E-state index in [2.05, 4.69) is 36.5 Å². The summed E-state index contributed by atoms with van der Waals surface area (Å²) in [6, 6.07) is 11.2. The summed E-state index contributed by atoms with van der Waals surface area (Å²) < 4.78 is 6.64. The normalized spacial score (nSPS) is 43.7. The number of nitrogens with two attached hydrogens (primary N) is 1. The van der Waals surface area contributed by atoms with Gasteiger partial charge in [0.25, 0.3) is 0 Å². The largest absolute Gasteiger partial charge is 0.374 e. The van der Waals surface area contributed by atoms with Crippen molar-refractivity contribution in [2.45, 2.75) is 81.8 Å². The smallest absolute Gasteiger partial charge is 0.109 e. The molecular formula is C27H36N2OS. The van der Waals surface area contributed by atoms with Gasteiger partial charge in [-0.05, 0) is 105 Å². The SMILES string of the molecule is NCC1CCC(C=NC(=S)C23CC4CC(c5ccccc5)(CC2C4OC2CC2)C3)CC1. The number of nitrogens with zero attached hydrogens (tertiary/aromatic N) is 1. The minimum Gasteiger partial charge on any atom is -0.374 e. The summed E-state index contributed by atoms with van der Waals surface area (Å²) in [6.07, 6.45) is 15.4. The van der Waals surface area contributed by atoms with Crippen LogP contribution >= 0.6 is 12.2 Å². The second-order valence-corrected chi connectivity index (χ2v) is 11.7. The van der Waals surface area contributed by atoms with Crippen molar-refractivity contribution in [3.8, 4) is 0 Å². The molecule has 1 aromatic rings. The molecule has 6 aliphatic carbocycles. The predicted molar refractivity (Wildman–Crippen MR) is 129 cm³/mol. The fourth-order valence-electron chi connectivity index (χ4n) is 7.79. The van der Waals surface area contributed by atoms with Crippen LogP contribution in [-0.4, -0.2) is 30.0 Å². The molecule has 0 aliphatic heterocycles. The molecule has 166 valence electrons. The van der Waals surface area contributed by atoms with Crippen LogP contribution in [-0.2, 0) is 10.2 Å². The Hall–Kier alpha value is -1.10. The minimum atomic E-state index is 0.0681. The molecular weight excluding hydrogens is 400 g/mol. The highest BCUT2D eigenvalue weighted by atomic mass is 32.1. The topological polar surface area (TPSA) is 47.6 Å². The van der Waals surface area contributed by atoms with E-state index in [4.69, 9.17) is 27.7 Å². The Morgan fingerprint density at radius 1 is 1.06 bits per heavy atom. The highest BCUT2D eigenvalue weighted by Gasteiger charge is 2.70. The van der Waals surface area contributed by atoms with E-state index in [0.717, 1.165) is 11.5 Å². The molecule has 1 aromatic carbocycles. The molecule has 0 amide bonds. The lowest BCUT2D eigenvalue weighted by Crippen LogP contribution is -2.39. The maximum atomic E-state index is 6.64. The summed E-state index contributed by atoms with van der Waals surface area (Å²) in [6.45, 7) is 0.832. The summed E-state index contributed by atoms with van der Waals surface area (Å²) in [5, 5.41) is 0. The zero-order chi connectivity index (χ0) is 21.1. The summed E-state index contributed by atoms with van der Waals surface area (Å²) in [5.41, 5.74) is 7.73. The maximum absolute atomic E-state index is 6.64. The lowest BCUT2D eigenvalue weighted by molar-refractivity contribution is -0.0381. The van der Waals surface area contributed by atoms with Gasteiger partial charge in [0, 0.05) is 11.6 Å². The second kappa shape index (κ2) is 7.74. The first-order valence-corrected chi connectivity index (χ1v) is 13.0. The van der Waals surface area contributed by atoms with E-state index in [9.17, 15) is 0 Å². The molecule has 0 spiro atoms. The Morgan fingerprint density at radius 2 is 1.84 bits per heavy atom. The van der Waals surface area contributed by atoms with Crippen molar-refractivity contribution < 1.29 is 4.74 Å². The molecule has 5 unspecified atom stereocenters. The molecule has 6 saturated carbocycles. The molecule has 6 fully saturated rings. The van der Waals surface area contributed by atoms with Crippen molar-refractivity contribution in [3.63, 3.8) is 0 Å². The summed E-state index contributed by atoms with van der Waals surface area (Å²) in [5.74, 6) is 2.48. The van der Waals surface area contributed by atoms with E-state index >= 15 is 0 Å². The monoisotopic (exact) mass is 436 g/mol. The van der Waals surface area contributed by atoms with Crippen molar-refractivity contribution in [1.82, 2.24) is 0 Å². The molecule has 0 saturated heterocycles. The summed E-state index contributed by atoms with van der Waals surface area (Å²) in [4.78, 5) is 6.03. The second-order valence-electron chi connectivity index (χ2n) is 11.4. The van der Waals surface area contributed by atoms with Gasteiger partial charge in [-0.1, -0.05) is 42.5 Å². The third-order valence-electron chi connectivity index (χ3n) is 9.43. The predicted octanol–water partition coefficient (Wildman–Crippen LogP) is 5.46. The van der Waals surface area contributed by atoms with Crippen LogP contribution in [0.15, 0.2) is 35.3 Å². The van der Waals surface area contributed by atoms with Crippen LogP contribution in [0.25, 0.3) is 0 Å². The molecule has 2 N–H and O–H groups in total. The molecule has 4 heteroatoms. The third-order valence-corrected chi connectivity index (χ3v) is 9.94. The molecule has 3 nitrogen and oxygen atoms in total. The standard InChI is InChI=1S/C27H36N2OS/c28-15-18-6-8-19(9-7-18)16-29-25(31)27-13-20-12-26(17-27,21-4-2-1-3-5-21)14-23(27)24(20)30-22-10-11-22/h1-5,16,18-20,22-24H,6-15,17,28H2. The Kier molecular flexibility index (Phi) is 5.12. The Balaban J connectivity index is 1.25. The van der Waals surface area contributed by atoms with Crippen LogP contribution in [0.2, 0.25) is 0 Å². The average Bonchev–Trinajstić information content (AvgIpc) is 3.56. The quantitative estimate of drug-likeness (QED) is 0.476. The van der Waals surface area contributed by atoms with Crippen LogP contribution in [0.5, 0.6) is 0 Å². The molecule has 0 heterocycles. The molecule has 5 atom stereocenters. The number of rotatable bonds is 6. The van der Waals surface area contributed by atoms with Crippen molar-refractivity contribution in [2.75, 3.05) is 6.54 Å². The molecule has 31 heavy (non-hydrogen) atoms. The van der Waals surface area contributed by atoms with Crippen LogP contribution in [0.3, 0.4) is 0 Å². The minimum absolute atomic E-state index is 0.0681. The van der Waals surface area contributed by atoms with E-state index in [1.54, 1.807) is 0 Å². The zero-order valence-electron chi connectivity index (χ0n) is 18.5. The number of hydrogen-bond donors (Lipinski definition) is 1. The highest BCUT2D eigenvalue weighted by molar-refractivity contribution is 7.80. The lowest BCUT2D eigenvalue weighted by atomic mass is 9.63. The van der Waals surface area contributed by atoms with Crippen molar-refractivity contribution in [3.05, 3.63) is 35.9 Å². The van der Waals surface area contributed by atoms with Crippen LogP contribution in [0.4, 0.5) is 0 Å². The molecule has 6 aliphatic rings. The van der Waals surface area contributed by atoms with Crippen molar-refractivity contribution >= 4 is 23.4 Å². The van der Waals surface area contributed by atoms with Gasteiger partial charge in [-0.25, -0.2) is 0 Å². The summed E-state index contributed by atoms with van der Waals surface area (Å²) in [7, 11) is 0. The van der Waals surface area contributed by atoms with Gasteiger partial charge in [-0.2, -0.15) is 0 Å². The van der Waals surface area contributed by atoms with E-state index in [0.29, 0.717) is 35.9 Å². The zero-order valence-corrected chi connectivity index (χ0v) is 19.4. The first-order valence-electron chi connectivity index (χ1n) is 12.6. The van der Waals surface area contributed by atoms with Gasteiger partial charge in [0.05, 0.1) is 12.2 Å². The van der Waals surface area contributed by atoms with Crippen molar-refractivity contribution in [1.29, 1.82) is 0 Å². The fraction of sp³-hybridized carbons (Fsp3) is 0.704. The van der Waals surface area contributed by atoms with Crippen LogP contribution in [0.1, 0.15) is 69.8 Å². The Labute approximate surface area is 192 Å². The van der Waals surface area contributed by atoms with Gasteiger partial charge >= 0.3 is 0 Å². The number of benzene rings is 1. The van der Waals surface area contributed by atoms with Gasteiger partial charge in [0.2, 0.25) is 0 Å². The van der Waals surface area contributed by atoms with Gasteiger partial charge in [-0.3, -0.25) is 4.99 Å². The van der Waals surface area contributed by atoms with E-state index in [1.807, 2.05) is 0 Å². The number of aliphatic imine (C=N–C) groups is 1. The number of hydrogen-bond acceptors (Lipinski definition) is 3. The van der Waals surface area contributed by atoms with Crippen LogP contribution in [0, 0.1) is 29.1 Å². The molecule has 0 radical (unpaired) electrons. The van der Waals surface area contributed by atoms with Gasteiger partial charge in [0.1, 0.15) is 4.99 Å². The Morgan fingerprint density at radius 3 is 2.55 bits per heavy atom. The van der Waals surface area contributed by atoms with Crippen molar-refractivity contribution in [2.24, 2.45) is 39.8 Å². The third kappa shape index (κ3) is 3.45. The van der Waals surface area contributed by atoms with Gasteiger partial charge in [-0.15, -0.1) is 0 Å². The van der Waals surface area contributed by atoms with E-state index in [-0.39, 0.29) is 10.8 Å². The first-order chi connectivity index (χ1) is 15.1.